The molecular weight excluding hydrogens is 590 g/mol. The molecule has 1 aliphatic rings. The van der Waals surface area contributed by atoms with E-state index in [1.807, 2.05) is 42.7 Å². The molecule has 3 aromatic carbocycles. The molecular formula is C32H26ClN3O4S2. The molecule has 10 heteroatoms. The number of aromatic nitrogens is 1. The summed E-state index contributed by atoms with van der Waals surface area (Å²) in [6.07, 6.45) is 3.73. The molecule has 0 bridgehead atoms. The second-order valence-electron chi connectivity index (χ2n) is 9.35. The molecule has 0 fully saturated rings. The highest BCUT2D eigenvalue weighted by atomic mass is 35.5. The van der Waals surface area contributed by atoms with Crippen LogP contribution in [0.25, 0.3) is 6.08 Å². The second kappa shape index (κ2) is 12.8. The highest BCUT2D eigenvalue weighted by Crippen LogP contribution is 2.32. The zero-order valence-electron chi connectivity index (χ0n) is 23.1. The standard InChI is InChI=1S/C32H26ClN3O4S2/c1-4-39-31(38)28-19(2)35-32-36(29(28)22-9-12-25(41-3)13-10-22)30(37)27(42-32)16-23-15-24(33)11-14-26(23)40-18-21-7-5-20(17-34)6-8-21/h5-16,29H,4,18H2,1-3H3/b27-16-/t29-/m1/s1. The lowest BCUT2D eigenvalue weighted by atomic mass is 9.96. The van der Waals surface area contributed by atoms with E-state index in [1.165, 1.54) is 11.3 Å². The summed E-state index contributed by atoms with van der Waals surface area (Å²) in [7, 11) is 0. The van der Waals surface area contributed by atoms with Gasteiger partial charge in [-0.2, -0.15) is 5.26 Å². The number of hydrogen-bond donors (Lipinski definition) is 0. The quantitative estimate of drug-likeness (QED) is 0.189. The van der Waals surface area contributed by atoms with Gasteiger partial charge in [-0.05, 0) is 79.8 Å². The number of nitrogens with zero attached hydrogens (tertiary/aromatic N) is 3. The molecule has 0 radical (unpaired) electrons. The van der Waals surface area contributed by atoms with Crippen LogP contribution in [0.1, 0.15) is 42.1 Å². The van der Waals surface area contributed by atoms with Gasteiger partial charge in [-0.15, -0.1) is 11.8 Å². The van der Waals surface area contributed by atoms with Gasteiger partial charge in [0.1, 0.15) is 12.4 Å². The van der Waals surface area contributed by atoms with Crippen molar-refractivity contribution in [1.29, 1.82) is 5.26 Å². The summed E-state index contributed by atoms with van der Waals surface area (Å²) in [5.41, 5.74) is 3.43. The van der Waals surface area contributed by atoms with Crippen molar-refractivity contribution in [2.24, 2.45) is 4.99 Å². The minimum absolute atomic E-state index is 0.207. The molecule has 0 amide bonds. The van der Waals surface area contributed by atoms with Crippen molar-refractivity contribution in [1.82, 2.24) is 4.57 Å². The predicted octanol–water partition coefficient (Wildman–Crippen LogP) is 5.62. The summed E-state index contributed by atoms with van der Waals surface area (Å²) in [4.78, 5) is 33.3. The van der Waals surface area contributed by atoms with Crippen LogP contribution in [-0.2, 0) is 16.1 Å². The molecule has 0 saturated carbocycles. The summed E-state index contributed by atoms with van der Waals surface area (Å²) in [6.45, 7) is 3.98. The lowest BCUT2D eigenvalue weighted by Crippen LogP contribution is -2.39. The molecule has 7 nitrogen and oxygen atoms in total. The molecule has 1 aliphatic heterocycles. The van der Waals surface area contributed by atoms with Gasteiger partial charge in [-0.1, -0.05) is 47.2 Å². The Hall–Kier alpha value is -4.10. The monoisotopic (exact) mass is 615 g/mol. The van der Waals surface area contributed by atoms with Crippen LogP contribution in [0.3, 0.4) is 0 Å². The zero-order valence-corrected chi connectivity index (χ0v) is 25.5. The Balaban J connectivity index is 1.59. The Labute approximate surface area is 256 Å². The van der Waals surface area contributed by atoms with E-state index in [0.717, 1.165) is 16.0 Å². The first-order valence-electron chi connectivity index (χ1n) is 13.1. The highest BCUT2D eigenvalue weighted by Gasteiger charge is 2.33. The van der Waals surface area contributed by atoms with Gasteiger partial charge in [-0.25, -0.2) is 9.79 Å². The fourth-order valence-electron chi connectivity index (χ4n) is 4.63. The summed E-state index contributed by atoms with van der Waals surface area (Å²) >= 11 is 9.19. The van der Waals surface area contributed by atoms with Crippen molar-refractivity contribution in [3.63, 3.8) is 0 Å². The van der Waals surface area contributed by atoms with E-state index in [0.29, 0.717) is 42.5 Å². The molecule has 1 atom stereocenters. The lowest BCUT2D eigenvalue weighted by molar-refractivity contribution is -0.139. The van der Waals surface area contributed by atoms with Crippen molar-refractivity contribution in [2.45, 2.75) is 31.4 Å². The average Bonchev–Trinajstić information content (AvgIpc) is 3.30. The lowest BCUT2D eigenvalue weighted by Gasteiger charge is -2.24. The fourth-order valence-corrected chi connectivity index (χ4v) is 6.26. The Morgan fingerprint density at radius 3 is 2.57 bits per heavy atom. The summed E-state index contributed by atoms with van der Waals surface area (Å²) in [5.74, 6) is 0.0440. The van der Waals surface area contributed by atoms with Crippen molar-refractivity contribution < 1.29 is 14.3 Å². The van der Waals surface area contributed by atoms with Crippen LogP contribution < -0.4 is 19.6 Å². The van der Waals surface area contributed by atoms with E-state index in [9.17, 15) is 9.59 Å². The maximum Gasteiger partial charge on any atom is 0.338 e. The third-order valence-electron chi connectivity index (χ3n) is 6.68. The van der Waals surface area contributed by atoms with Crippen LogP contribution in [0.5, 0.6) is 5.75 Å². The normalized spacial score (nSPS) is 14.6. The number of benzene rings is 3. The minimum atomic E-state index is -0.690. The van der Waals surface area contributed by atoms with Crippen LogP contribution in [-0.4, -0.2) is 23.4 Å². The number of esters is 1. The number of allylic oxidation sites excluding steroid dienone is 1. The number of rotatable bonds is 8. The van der Waals surface area contributed by atoms with Crippen LogP contribution in [0.2, 0.25) is 5.02 Å². The number of fused-ring (bicyclic) bond motifs is 1. The van der Waals surface area contributed by atoms with Crippen molar-refractivity contribution in [3.8, 4) is 11.8 Å². The molecule has 0 saturated heterocycles. The van der Waals surface area contributed by atoms with Gasteiger partial charge in [0.25, 0.3) is 5.56 Å². The second-order valence-corrected chi connectivity index (χ2v) is 11.7. The molecule has 1 aromatic heterocycles. The van der Waals surface area contributed by atoms with Crippen molar-refractivity contribution >= 4 is 46.7 Å². The number of ether oxygens (including phenoxy) is 2. The number of nitriles is 1. The first kappa shape index (κ1) is 29.4. The number of halogens is 1. The van der Waals surface area contributed by atoms with Gasteiger partial charge in [0, 0.05) is 15.5 Å². The number of hydrogen-bond acceptors (Lipinski definition) is 8. The molecule has 5 rings (SSSR count). The third kappa shape index (κ3) is 6.07. The molecule has 0 aliphatic carbocycles. The van der Waals surface area contributed by atoms with Crippen molar-refractivity contribution in [2.75, 3.05) is 12.9 Å². The van der Waals surface area contributed by atoms with E-state index in [1.54, 1.807) is 66.6 Å². The Kier molecular flexibility index (Phi) is 8.97. The first-order valence-corrected chi connectivity index (χ1v) is 15.5. The first-order chi connectivity index (χ1) is 20.3. The maximum absolute atomic E-state index is 14.0. The van der Waals surface area contributed by atoms with E-state index >= 15 is 0 Å². The average molecular weight is 616 g/mol. The number of carbonyl (C=O) groups excluding carboxylic acids is 1. The third-order valence-corrected chi connectivity index (χ3v) is 8.65. The largest absolute Gasteiger partial charge is 0.488 e. The summed E-state index contributed by atoms with van der Waals surface area (Å²) < 4.78 is 13.5. The fraction of sp³-hybridized carbons (Fsp3) is 0.188. The van der Waals surface area contributed by atoms with Gasteiger partial charge < -0.3 is 9.47 Å². The van der Waals surface area contributed by atoms with Crippen LogP contribution in [0, 0.1) is 11.3 Å². The molecule has 42 heavy (non-hydrogen) atoms. The Bertz CT molecular complexity index is 1900. The molecule has 0 unspecified atom stereocenters. The Morgan fingerprint density at radius 2 is 1.90 bits per heavy atom. The molecule has 2 heterocycles. The van der Waals surface area contributed by atoms with Gasteiger partial charge in [0.05, 0.1) is 40.1 Å². The Morgan fingerprint density at radius 1 is 1.17 bits per heavy atom. The smallest absolute Gasteiger partial charge is 0.338 e. The summed E-state index contributed by atoms with van der Waals surface area (Å²) in [5, 5.41) is 9.54. The van der Waals surface area contributed by atoms with Gasteiger partial charge >= 0.3 is 5.97 Å². The predicted molar refractivity (Wildman–Crippen MR) is 166 cm³/mol. The summed E-state index contributed by atoms with van der Waals surface area (Å²) in [6, 6.07) is 21.6. The van der Waals surface area contributed by atoms with Crippen LogP contribution in [0.15, 0.2) is 92.7 Å². The topological polar surface area (TPSA) is 93.7 Å². The number of thioether (sulfide) groups is 1. The van der Waals surface area contributed by atoms with Gasteiger partial charge in [0.15, 0.2) is 4.80 Å². The SMILES string of the molecule is CCOC(=O)C1=C(C)N=c2s/c(=C\c3cc(Cl)ccc3OCc3ccc(C#N)cc3)c(=O)n2[C@@H]1c1ccc(SC)cc1. The minimum Gasteiger partial charge on any atom is -0.488 e. The van der Waals surface area contributed by atoms with Gasteiger partial charge in [0.2, 0.25) is 0 Å². The van der Waals surface area contributed by atoms with E-state index in [-0.39, 0.29) is 18.8 Å². The van der Waals surface area contributed by atoms with Crippen LogP contribution >= 0.6 is 34.7 Å². The van der Waals surface area contributed by atoms with E-state index < -0.39 is 12.0 Å². The molecule has 0 spiro atoms. The number of carbonyl (C=O) groups is 1. The van der Waals surface area contributed by atoms with E-state index in [4.69, 9.17) is 26.3 Å². The van der Waals surface area contributed by atoms with Gasteiger partial charge in [-0.3, -0.25) is 9.36 Å². The van der Waals surface area contributed by atoms with Crippen molar-refractivity contribution in [3.05, 3.63) is 125 Å². The number of thiazole rings is 1. The molecule has 0 N–H and O–H groups in total. The van der Waals surface area contributed by atoms with E-state index in [2.05, 4.69) is 11.1 Å². The zero-order chi connectivity index (χ0) is 29.8. The highest BCUT2D eigenvalue weighted by molar-refractivity contribution is 7.98. The van der Waals surface area contributed by atoms with Crippen LogP contribution in [0.4, 0.5) is 0 Å². The maximum atomic E-state index is 14.0. The molecule has 4 aromatic rings. The molecule has 212 valence electrons.